The third-order valence-electron chi connectivity index (χ3n) is 5.89. The number of carbonyl (C=O) groups is 2. The number of para-hydroxylation sites is 1. The number of anilines is 4. The van der Waals surface area contributed by atoms with E-state index in [1.54, 1.807) is 53.4 Å². The van der Waals surface area contributed by atoms with E-state index >= 15 is 0 Å². The molecule has 2 amide bonds. The molecule has 0 aliphatic carbocycles. The van der Waals surface area contributed by atoms with E-state index in [1.807, 2.05) is 11.0 Å². The van der Waals surface area contributed by atoms with Crippen molar-refractivity contribution in [2.24, 2.45) is 0 Å². The van der Waals surface area contributed by atoms with E-state index in [2.05, 4.69) is 25.8 Å². The fourth-order valence-electron chi connectivity index (χ4n) is 3.88. The van der Waals surface area contributed by atoms with Crippen molar-refractivity contribution >= 4 is 35.0 Å². The van der Waals surface area contributed by atoms with E-state index in [9.17, 15) is 14.0 Å². The second-order valence-electron chi connectivity index (χ2n) is 8.34. The van der Waals surface area contributed by atoms with Crippen molar-refractivity contribution < 1.29 is 18.4 Å². The van der Waals surface area contributed by atoms with Crippen LogP contribution in [0.1, 0.15) is 26.6 Å². The smallest absolute Gasteiger partial charge is 0.320 e. The fraction of sp³-hybridized carbons (Fsp3) is 0.154. The Balaban J connectivity index is 1.14. The predicted octanol–water partition coefficient (Wildman–Crippen LogP) is 3.43. The van der Waals surface area contributed by atoms with Crippen molar-refractivity contribution in [2.45, 2.75) is 0 Å². The highest BCUT2D eigenvalue weighted by molar-refractivity contribution is 6.00. The van der Waals surface area contributed by atoms with Gasteiger partial charge in [-0.1, -0.05) is 17.2 Å². The molecule has 1 aliphatic rings. The molecule has 0 bridgehead atoms. The zero-order chi connectivity index (χ0) is 26.5. The van der Waals surface area contributed by atoms with Gasteiger partial charge in [-0.15, -0.1) is 5.10 Å². The number of amides is 2. The second-order valence-corrected chi connectivity index (χ2v) is 8.34. The van der Waals surface area contributed by atoms with Crippen LogP contribution in [0.5, 0.6) is 0 Å². The van der Waals surface area contributed by atoms with Crippen LogP contribution in [0.2, 0.25) is 0 Å². The van der Waals surface area contributed by atoms with E-state index in [1.165, 1.54) is 18.3 Å². The summed E-state index contributed by atoms with van der Waals surface area (Å²) in [6.07, 6.45) is 1.51. The van der Waals surface area contributed by atoms with Gasteiger partial charge in [0, 0.05) is 31.7 Å². The number of halogens is 1. The normalized spacial score (nSPS) is 13.1. The van der Waals surface area contributed by atoms with Crippen LogP contribution < -0.4 is 15.5 Å². The number of benzene rings is 2. The summed E-state index contributed by atoms with van der Waals surface area (Å²) >= 11 is 0. The molecule has 0 saturated carbocycles. The molecule has 11 nitrogen and oxygen atoms in total. The lowest BCUT2D eigenvalue weighted by Gasteiger charge is -2.35. The molecule has 190 valence electrons. The maximum Gasteiger partial charge on any atom is 0.320 e. The van der Waals surface area contributed by atoms with Crippen molar-refractivity contribution in [3.63, 3.8) is 0 Å². The Labute approximate surface area is 216 Å². The van der Waals surface area contributed by atoms with E-state index < -0.39 is 11.7 Å². The summed E-state index contributed by atoms with van der Waals surface area (Å²) in [5.74, 6) is -0.794. The molecule has 1 fully saturated rings. The Bertz CT molecular complexity index is 1490. The first kappa shape index (κ1) is 24.4. The number of hydrogen-bond acceptors (Lipinski definition) is 9. The molecule has 3 heterocycles. The van der Waals surface area contributed by atoms with Crippen molar-refractivity contribution in [3.8, 4) is 6.07 Å². The molecule has 0 spiro atoms. The summed E-state index contributed by atoms with van der Waals surface area (Å²) in [5, 5.41) is 21.6. The first-order valence-electron chi connectivity index (χ1n) is 11.7. The number of nitriles is 1. The molecule has 2 aromatic carbocycles. The van der Waals surface area contributed by atoms with Crippen molar-refractivity contribution in [1.82, 2.24) is 20.1 Å². The first-order chi connectivity index (χ1) is 18.5. The lowest BCUT2D eigenvalue weighted by atomic mass is 10.1. The molecule has 1 saturated heterocycles. The minimum absolute atomic E-state index is 0.0755. The van der Waals surface area contributed by atoms with Crippen molar-refractivity contribution in [1.29, 1.82) is 5.26 Å². The number of hydrogen-bond donors (Lipinski definition) is 2. The molecule has 5 rings (SSSR count). The summed E-state index contributed by atoms with van der Waals surface area (Å²) in [4.78, 5) is 33.5. The maximum absolute atomic E-state index is 13.8. The summed E-state index contributed by atoms with van der Waals surface area (Å²) in [6.45, 7) is 2.25. The number of pyridine rings is 1. The third-order valence-corrected chi connectivity index (χ3v) is 5.89. The number of aromatic nitrogens is 3. The Morgan fingerprint density at radius 3 is 2.42 bits per heavy atom. The highest BCUT2D eigenvalue weighted by atomic mass is 19.1. The van der Waals surface area contributed by atoms with E-state index in [-0.39, 0.29) is 23.5 Å². The fourth-order valence-corrected chi connectivity index (χ4v) is 3.88. The van der Waals surface area contributed by atoms with E-state index in [0.717, 1.165) is 0 Å². The largest absolute Gasteiger partial charge is 0.399 e. The quantitative estimate of drug-likeness (QED) is 0.397. The molecular formula is C26H21FN8O3. The average molecular weight is 513 g/mol. The molecule has 0 unspecified atom stereocenters. The number of rotatable bonds is 6. The van der Waals surface area contributed by atoms with Crippen LogP contribution in [0.25, 0.3) is 0 Å². The van der Waals surface area contributed by atoms with Crippen LogP contribution in [-0.2, 0) is 0 Å². The van der Waals surface area contributed by atoms with Gasteiger partial charge in [-0.05, 0) is 48.5 Å². The molecule has 38 heavy (non-hydrogen) atoms. The molecule has 12 heteroatoms. The van der Waals surface area contributed by atoms with Crippen molar-refractivity contribution in [2.75, 3.05) is 41.7 Å². The average Bonchev–Trinajstić information content (AvgIpc) is 3.43. The summed E-state index contributed by atoms with van der Waals surface area (Å²) in [7, 11) is 0. The third kappa shape index (κ3) is 5.41. The van der Waals surface area contributed by atoms with Gasteiger partial charge in [0.25, 0.3) is 5.91 Å². The van der Waals surface area contributed by atoms with Gasteiger partial charge in [0.05, 0.1) is 29.2 Å². The molecule has 1 aliphatic heterocycles. The van der Waals surface area contributed by atoms with Gasteiger partial charge < -0.3 is 24.9 Å². The Kier molecular flexibility index (Phi) is 6.90. The minimum atomic E-state index is -0.636. The van der Waals surface area contributed by atoms with Gasteiger partial charge in [-0.3, -0.25) is 9.59 Å². The van der Waals surface area contributed by atoms with Gasteiger partial charge in [0.2, 0.25) is 0 Å². The highest BCUT2D eigenvalue weighted by Gasteiger charge is 2.23. The zero-order valence-corrected chi connectivity index (χ0v) is 20.0. The molecule has 2 aromatic heterocycles. The number of nitrogens with zero attached hydrogens (tertiary/aromatic N) is 6. The van der Waals surface area contributed by atoms with Gasteiger partial charge in [-0.25, -0.2) is 9.37 Å². The molecule has 0 atom stereocenters. The van der Waals surface area contributed by atoms with Crippen LogP contribution in [0, 0.1) is 17.1 Å². The van der Waals surface area contributed by atoms with Crippen LogP contribution in [0.4, 0.5) is 27.6 Å². The number of piperazine rings is 1. The monoisotopic (exact) mass is 512 g/mol. The number of nitrogens with one attached hydrogen (secondary N) is 2. The SMILES string of the molecule is N#Cc1ccc(C(=O)N2CCN(c3ccc(NC(=O)c4nnc(Nc5ccccc5F)o4)cn3)CC2)cc1. The molecule has 0 radical (unpaired) electrons. The lowest BCUT2D eigenvalue weighted by molar-refractivity contribution is 0.0746. The number of carbonyl (C=O) groups excluding carboxylic acids is 2. The van der Waals surface area contributed by atoms with Crippen LogP contribution in [0.15, 0.2) is 71.3 Å². The van der Waals surface area contributed by atoms with Crippen LogP contribution in [-0.4, -0.2) is 58.1 Å². The van der Waals surface area contributed by atoms with Gasteiger partial charge in [0.15, 0.2) is 0 Å². The molecule has 2 N–H and O–H groups in total. The summed E-state index contributed by atoms with van der Waals surface area (Å²) < 4.78 is 19.1. The van der Waals surface area contributed by atoms with Gasteiger partial charge in [0.1, 0.15) is 11.6 Å². The standard InChI is InChI=1S/C26H21FN8O3/c27-20-3-1-2-4-21(20)31-26-33-32-24(38-26)23(36)30-19-9-10-22(29-16-19)34-11-13-35(14-12-34)25(37)18-7-5-17(15-28)6-8-18/h1-10,16H,11-14H2,(H,30,36)(H,31,33). The minimum Gasteiger partial charge on any atom is -0.399 e. The summed E-state index contributed by atoms with van der Waals surface area (Å²) in [5.41, 5.74) is 1.63. The molecule has 4 aromatic rings. The predicted molar refractivity (Wildman–Crippen MR) is 135 cm³/mol. The van der Waals surface area contributed by atoms with Gasteiger partial charge in [-0.2, -0.15) is 5.26 Å². The van der Waals surface area contributed by atoms with Crippen molar-refractivity contribution in [3.05, 3.63) is 89.7 Å². The first-order valence-corrected chi connectivity index (χ1v) is 11.7. The summed E-state index contributed by atoms with van der Waals surface area (Å²) in [6, 6.07) is 18.0. The lowest BCUT2D eigenvalue weighted by Crippen LogP contribution is -2.49. The van der Waals surface area contributed by atoms with E-state index in [4.69, 9.17) is 9.68 Å². The zero-order valence-electron chi connectivity index (χ0n) is 20.0. The Morgan fingerprint density at radius 2 is 1.74 bits per heavy atom. The molecular weight excluding hydrogens is 491 g/mol. The van der Waals surface area contributed by atoms with Crippen LogP contribution >= 0.6 is 0 Å². The van der Waals surface area contributed by atoms with E-state index in [0.29, 0.717) is 48.8 Å². The highest BCUT2D eigenvalue weighted by Crippen LogP contribution is 2.20. The Morgan fingerprint density at radius 1 is 0.974 bits per heavy atom. The van der Waals surface area contributed by atoms with Gasteiger partial charge >= 0.3 is 17.8 Å². The second kappa shape index (κ2) is 10.8. The maximum atomic E-state index is 13.8. The Hall–Kier alpha value is -5.31. The van der Waals surface area contributed by atoms with Crippen LogP contribution in [0.3, 0.4) is 0 Å². The topological polar surface area (TPSA) is 140 Å².